The van der Waals surface area contributed by atoms with E-state index in [1.54, 1.807) is 0 Å². The molecule has 0 aliphatic carbocycles. The number of nitriles is 1. The minimum atomic E-state index is -0.516. The molecule has 33 heavy (non-hydrogen) atoms. The molecule has 0 spiro atoms. The monoisotopic (exact) mass is 452 g/mol. The third-order valence-electron chi connectivity index (χ3n) is 6.87. The summed E-state index contributed by atoms with van der Waals surface area (Å²) >= 11 is 0. The van der Waals surface area contributed by atoms with E-state index in [1.807, 2.05) is 40.1 Å². The molecule has 0 amide bonds. The van der Waals surface area contributed by atoms with Crippen molar-refractivity contribution in [3.63, 3.8) is 0 Å². The molecule has 0 radical (unpaired) electrons. The van der Waals surface area contributed by atoms with Crippen molar-refractivity contribution in [1.29, 1.82) is 5.26 Å². The van der Waals surface area contributed by atoms with E-state index in [-0.39, 0.29) is 5.82 Å². The number of hydrogen-bond acceptors (Lipinski definition) is 8. The minimum Gasteiger partial charge on any atom is -0.378 e. The molecule has 0 N–H and O–H groups in total. The Morgan fingerprint density at radius 1 is 0.788 bits per heavy atom. The molecule has 0 saturated carbocycles. The summed E-state index contributed by atoms with van der Waals surface area (Å²) in [6, 6.07) is 12.6. The van der Waals surface area contributed by atoms with Crippen molar-refractivity contribution in [1.82, 2.24) is 9.97 Å². The van der Waals surface area contributed by atoms with Crippen LogP contribution in [-0.2, 0) is 14.9 Å². The number of aromatic nitrogens is 2. The Hall–Kier alpha value is -2.96. The van der Waals surface area contributed by atoms with Crippen LogP contribution in [0.4, 0.5) is 22.0 Å². The highest BCUT2D eigenvalue weighted by molar-refractivity contribution is 5.58. The standard InChI is InChI=1S/C24H29FN6O2/c25-20-21(29-10-14-32-15-11-29)27-23(28-22(20)30-12-16-33-17-13-30)31-8-6-24(18-26,7-9-31)19-4-2-1-3-5-19/h1-5H,6-17H2. The smallest absolute Gasteiger partial charge is 0.229 e. The van der Waals surface area contributed by atoms with Crippen LogP contribution >= 0.6 is 0 Å². The molecular weight excluding hydrogens is 423 g/mol. The number of anilines is 3. The highest BCUT2D eigenvalue weighted by Crippen LogP contribution is 2.37. The summed E-state index contributed by atoms with van der Waals surface area (Å²) in [5.41, 5.74) is 0.535. The SMILES string of the molecule is N#CC1(c2ccccc2)CCN(c2nc(N3CCOCC3)c(F)c(N3CCOCC3)n2)CC1. The number of morpholine rings is 2. The Labute approximate surface area is 193 Å². The van der Waals surface area contributed by atoms with Gasteiger partial charge in [-0.2, -0.15) is 19.6 Å². The van der Waals surface area contributed by atoms with Gasteiger partial charge in [0.25, 0.3) is 0 Å². The van der Waals surface area contributed by atoms with Crippen molar-refractivity contribution >= 4 is 17.6 Å². The number of rotatable bonds is 4. The Morgan fingerprint density at radius 3 is 1.79 bits per heavy atom. The molecule has 0 atom stereocenters. The van der Waals surface area contributed by atoms with Crippen molar-refractivity contribution in [2.75, 3.05) is 80.4 Å². The van der Waals surface area contributed by atoms with Crippen LogP contribution in [0.1, 0.15) is 18.4 Å². The molecule has 5 rings (SSSR count). The zero-order valence-corrected chi connectivity index (χ0v) is 18.7. The maximum absolute atomic E-state index is 15.6. The molecule has 3 aliphatic heterocycles. The molecule has 0 bridgehead atoms. The van der Waals surface area contributed by atoms with Gasteiger partial charge in [0, 0.05) is 39.3 Å². The molecule has 8 nitrogen and oxygen atoms in total. The molecule has 1 aromatic carbocycles. The van der Waals surface area contributed by atoms with Gasteiger partial charge >= 0.3 is 0 Å². The molecule has 1 aromatic heterocycles. The Morgan fingerprint density at radius 2 is 1.30 bits per heavy atom. The van der Waals surface area contributed by atoms with E-state index in [0.717, 1.165) is 5.56 Å². The quantitative estimate of drug-likeness (QED) is 0.700. The van der Waals surface area contributed by atoms with Crippen LogP contribution in [0.5, 0.6) is 0 Å². The molecule has 3 fully saturated rings. The van der Waals surface area contributed by atoms with Crippen molar-refractivity contribution in [3.05, 3.63) is 41.7 Å². The first kappa shape index (κ1) is 21.9. The van der Waals surface area contributed by atoms with E-state index in [4.69, 9.17) is 19.4 Å². The summed E-state index contributed by atoms with van der Waals surface area (Å²) in [7, 11) is 0. The van der Waals surface area contributed by atoms with Crippen LogP contribution in [0.15, 0.2) is 30.3 Å². The summed E-state index contributed by atoms with van der Waals surface area (Å²) in [6.07, 6.45) is 1.35. The fraction of sp³-hybridized carbons (Fsp3) is 0.542. The molecule has 2 aromatic rings. The van der Waals surface area contributed by atoms with Crippen LogP contribution < -0.4 is 14.7 Å². The van der Waals surface area contributed by atoms with E-state index in [9.17, 15) is 5.26 Å². The topological polar surface area (TPSA) is 77.8 Å². The van der Waals surface area contributed by atoms with Crippen LogP contribution in [0.2, 0.25) is 0 Å². The van der Waals surface area contributed by atoms with Crippen LogP contribution in [-0.4, -0.2) is 75.7 Å². The number of nitrogens with zero attached hydrogens (tertiary/aromatic N) is 6. The summed E-state index contributed by atoms with van der Waals surface area (Å²) in [6.45, 7) is 5.88. The van der Waals surface area contributed by atoms with Gasteiger partial charge in [-0.3, -0.25) is 0 Å². The van der Waals surface area contributed by atoms with E-state index >= 15 is 4.39 Å². The number of halogens is 1. The third kappa shape index (κ3) is 4.33. The second-order valence-electron chi connectivity index (χ2n) is 8.73. The van der Waals surface area contributed by atoms with Gasteiger partial charge in [0.05, 0.1) is 37.9 Å². The lowest BCUT2D eigenvalue weighted by Crippen LogP contribution is -2.44. The molecule has 9 heteroatoms. The molecule has 174 valence electrons. The molecule has 3 aliphatic rings. The number of hydrogen-bond donors (Lipinski definition) is 0. The predicted molar refractivity (Wildman–Crippen MR) is 123 cm³/mol. The fourth-order valence-electron chi connectivity index (χ4n) is 4.83. The summed E-state index contributed by atoms with van der Waals surface area (Å²) in [5.74, 6) is 0.823. The van der Waals surface area contributed by atoms with Crippen LogP contribution in [0, 0.1) is 17.1 Å². The van der Waals surface area contributed by atoms with Crippen LogP contribution in [0.3, 0.4) is 0 Å². The Balaban J connectivity index is 1.44. The van der Waals surface area contributed by atoms with Gasteiger partial charge in [-0.25, -0.2) is 0 Å². The van der Waals surface area contributed by atoms with Crippen molar-refractivity contribution < 1.29 is 13.9 Å². The van der Waals surface area contributed by atoms with Crippen molar-refractivity contribution in [2.45, 2.75) is 18.3 Å². The zero-order chi connectivity index (χ0) is 22.7. The van der Waals surface area contributed by atoms with Gasteiger partial charge in [-0.05, 0) is 18.4 Å². The average Bonchev–Trinajstić information content (AvgIpc) is 2.90. The second-order valence-corrected chi connectivity index (χ2v) is 8.73. The molecular formula is C24H29FN6O2. The number of ether oxygens (including phenoxy) is 2. The van der Waals surface area contributed by atoms with Gasteiger partial charge < -0.3 is 24.2 Å². The summed E-state index contributed by atoms with van der Waals surface area (Å²) in [5, 5.41) is 10.0. The normalized spacial score (nSPS) is 21.0. The maximum Gasteiger partial charge on any atom is 0.229 e. The highest BCUT2D eigenvalue weighted by Gasteiger charge is 2.38. The van der Waals surface area contributed by atoms with Gasteiger partial charge in [0.15, 0.2) is 11.6 Å². The first-order chi connectivity index (χ1) is 16.2. The predicted octanol–water partition coefficient (Wildman–Crippen LogP) is 2.35. The van der Waals surface area contributed by atoms with Gasteiger partial charge in [-0.1, -0.05) is 30.3 Å². The first-order valence-electron chi connectivity index (χ1n) is 11.6. The Bertz CT molecular complexity index is 955. The average molecular weight is 453 g/mol. The first-order valence-corrected chi connectivity index (χ1v) is 11.6. The number of benzene rings is 1. The Kier molecular flexibility index (Phi) is 6.29. The van der Waals surface area contributed by atoms with Gasteiger partial charge in [0.2, 0.25) is 11.8 Å². The van der Waals surface area contributed by atoms with E-state index < -0.39 is 5.41 Å². The lowest BCUT2D eigenvalue weighted by Gasteiger charge is -2.38. The molecule has 4 heterocycles. The van der Waals surface area contributed by atoms with Crippen molar-refractivity contribution in [3.8, 4) is 6.07 Å². The van der Waals surface area contributed by atoms with E-state index in [2.05, 4.69) is 11.0 Å². The largest absolute Gasteiger partial charge is 0.378 e. The lowest BCUT2D eigenvalue weighted by atomic mass is 9.74. The lowest BCUT2D eigenvalue weighted by molar-refractivity contribution is 0.121. The van der Waals surface area contributed by atoms with Crippen LogP contribution in [0.25, 0.3) is 0 Å². The summed E-state index contributed by atoms with van der Waals surface area (Å²) < 4.78 is 26.5. The third-order valence-corrected chi connectivity index (χ3v) is 6.87. The molecule has 0 unspecified atom stereocenters. The number of piperidine rings is 1. The maximum atomic E-state index is 15.6. The van der Waals surface area contributed by atoms with E-state index in [1.165, 1.54) is 0 Å². The highest BCUT2D eigenvalue weighted by atomic mass is 19.1. The van der Waals surface area contributed by atoms with Crippen molar-refractivity contribution in [2.24, 2.45) is 0 Å². The zero-order valence-electron chi connectivity index (χ0n) is 18.7. The molecule has 3 saturated heterocycles. The fourth-order valence-corrected chi connectivity index (χ4v) is 4.83. The van der Waals surface area contributed by atoms with E-state index in [0.29, 0.717) is 96.1 Å². The summed E-state index contributed by atoms with van der Waals surface area (Å²) in [4.78, 5) is 15.4. The second kappa shape index (κ2) is 9.49. The minimum absolute atomic E-state index is 0.338. The van der Waals surface area contributed by atoms with Gasteiger partial charge in [-0.15, -0.1) is 0 Å². The van der Waals surface area contributed by atoms with Gasteiger partial charge in [0.1, 0.15) is 0 Å².